The molecule has 0 radical (unpaired) electrons. The lowest BCUT2D eigenvalue weighted by Gasteiger charge is -2.47. The quantitative estimate of drug-likeness (QED) is 0.0262. The maximum absolute atomic E-state index is 13.9. The predicted octanol–water partition coefficient (Wildman–Crippen LogP) is 4.37. The van der Waals surface area contributed by atoms with E-state index in [-0.39, 0.29) is 24.1 Å². The van der Waals surface area contributed by atoms with Crippen molar-refractivity contribution in [2.75, 3.05) is 96.5 Å². The van der Waals surface area contributed by atoms with Crippen molar-refractivity contribution in [1.29, 1.82) is 0 Å². The molecule has 1 aliphatic rings. The summed E-state index contributed by atoms with van der Waals surface area (Å²) in [5, 5.41) is 5.15. The van der Waals surface area contributed by atoms with E-state index in [9.17, 15) is 62.3 Å². The highest BCUT2D eigenvalue weighted by Gasteiger charge is 2.58. The van der Waals surface area contributed by atoms with Gasteiger partial charge < -0.3 is 61.6 Å². The van der Waals surface area contributed by atoms with Gasteiger partial charge in [0, 0.05) is 66.1 Å². The van der Waals surface area contributed by atoms with Crippen LogP contribution in [0.1, 0.15) is 11.1 Å². The molecule has 2 N–H and O–H groups in total. The zero-order valence-corrected chi connectivity index (χ0v) is 48.1. The van der Waals surface area contributed by atoms with Crippen molar-refractivity contribution in [3.8, 4) is 11.1 Å². The summed E-state index contributed by atoms with van der Waals surface area (Å²) in [6, 6.07) is 9.58. The lowest BCUT2D eigenvalue weighted by molar-refractivity contribution is -0.201. The second-order valence-electron chi connectivity index (χ2n) is 18.9. The number of rotatable bonds is 40. The van der Waals surface area contributed by atoms with Crippen LogP contribution in [-0.4, -0.2) is 170 Å². The Labute approximate surface area is 509 Å². The normalized spacial score (nSPS) is 11.1. The van der Waals surface area contributed by atoms with Gasteiger partial charge in [-0.05, 0) is 52.9 Å². The van der Waals surface area contributed by atoms with Gasteiger partial charge >= 0.3 is 71.9 Å². The van der Waals surface area contributed by atoms with Crippen LogP contribution in [0.3, 0.4) is 0 Å². The van der Waals surface area contributed by atoms with Gasteiger partial charge in [0.2, 0.25) is 6.29 Å². The number of aldehydes is 1. The molecule has 0 bridgehead atoms. The highest BCUT2D eigenvalue weighted by molar-refractivity contribution is 6.20. The summed E-state index contributed by atoms with van der Waals surface area (Å²) in [5.74, 6) is -10.7. The Morgan fingerprint density at radius 2 is 0.607 bits per heavy atom. The minimum absolute atomic E-state index is 0.163. The zero-order chi connectivity index (χ0) is 66.2. The Bertz CT molecular complexity index is 2950. The van der Waals surface area contributed by atoms with E-state index in [0.29, 0.717) is 22.3 Å². The van der Waals surface area contributed by atoms with Gasteiger partial charge in [0.25, 0.3) is 0 Å². The molecule has 1 aliphatic carbocycles. The summed E-state index contributed by atoms with van der Waals surface area (Å²) in [7, 11) is 0. The Hall–Kier alpha value is -11.0. The highest BCUT2D eigenvalue weighted by atomic mass is 16.6. The number of anilines is 2. The molecular weight excluding hydrogens is 1180 g/mol. The second kappa shape index (κ2) is 35.4. The number of carbonyl (C=O) groups is 13. The predicted molar refractivity (Wildman–Crippen MR) is 308 cm³/mol. The molecule has 28 nitrogen and oxygen atoms in total. The first kappa shape index (κ1) is 72.2. The van der Waals surface area contributed by atoms with Crippen molar-refractivity contribution in [3.05, 3.63) is 161 Å². The summed E-state index contributed by atoms with van der Waals surface area (Å²) in [5.41, 5.74) is -5.27. The number of hydrogen-bond donors (Lipinski definition) is 2. The molecule has 474 valence electrons. The topological polar surface area (TPSA) is 366 Å². The van der Waals surface area contributed by atoms with Crippen molar-refractivity contribution in [2.24, 2.45) is 16.2 Å². The molecule has 0 saturated carbocycles. The summed E-state index contributed by atoms with van der Waals surface area (Å²) in [6.45, 7) is 19.1. The maximum Gasteiger partial charge on any atom is 0.411 e. The van der Waals surface area contributed by atoms with E-state index < -0.39 is 180 Å². The van der Waals surface area contributed by atoms with Gasteiger partial charge in [0.05, 0.1) is 22.9 Å². The van der Waals surface area contributed by atoms with Crippen molar-refractivity contribution in [3.63, 3.8) is 0 Å². The smallest absolute Gasteiger partial charge is 0.411 e. The molecule has 0 saturated heterocycles. The molecule has 0 heterocycles. The molecule has 0 atom stereocenters. The Kier molecular flexibility index (Phi) is 28.8. The van der Waals surface area contributed by atoms with Gasteiger partial charge in [0.15, 0.2) is 5.60 Å². The summed E-state index contributed by atoms with van der Waals surface area (Å²) < 4.78 is 70.5. The second-order valence-corrected chi connectivity index (χ2v) is 18.9. The summed E-state index contributed by atoms with van der Waals surface area (Å²) >= 11 is 0. The molecule has 28 heteroatoms. The van der Waals surface area contributed by atoms with E-state index in [1.54, 1.807) is 24.3 Å². The number of carbonyl (C=O) groups excluding carboxylic acids is 13. The SMILES string of the molecule is C=CC(=O)OCC(COC(=O)C=C)(COC(=O)Nc1ccc2c(c1)Cc1cc(NC(=O)OCC(COC(=O)C=C)(COC(=O)C=C)C(COC(=O)C=C)(COC(=O)C=C)COC(=O)C=C)ccc1-2)COC(COC(=O)C=C)(COC(=O)C=C)COC(=O)C=O. The number of hydrogen-bond acceptors (Lipinski definition) is 26. The summed E-state index contributed by atoms with van der Waals surface area (Å²) in [6.07, 6.45) is 4.73. The van der Waals surface area contributed by atoms with Crippen LogP contribution in [0.5, 0.6) is 0 Å². The van der Waals surface area contributed by atoms with Crippen LogP contribution in [0.2, 0.25) is 0 Å². The van der Waals surface area contributed by atoms with E-state index in [4.69, 9.17) is 61.6 Å². The average molecular weight is 1240 g/mol. The molecule has 3 rings (SSSR count). The summed E-state index contributed by atoms with van der Waals surface area (Å²) in [4.78, 5) is 163. The maximum atomic E-state index is 13.9. The number of amides is 2. The Morgan fingerprint density at radius 1 is 0.348 bits per heavy atom. The number of esters is 10. The molecule has 2 amide bonds. The number of ether oxygens (including phenoxy) is 13. The van der Waals surface area contributed by atoms with E-state index in [1.165, 1.54) is 12.1 Å². The highest BCUT2D eigenvalue weighted by Crippen LogP contribution is 2.44. The molecule has 89 heavy (non-hydrogen) atoms. The van der Waals surface area contributed by atoms with Crippen molar-refractivity contribution in [1.82, 2.24) is 0 Å². The van der Waals surface area contributed by atoms with Crippen LogP contribution < -0.4 is 10.6 Å². The molecular formula is C61H64N2O26. The molecule has 0 spiro atoms. The van der Waals surface area contributed by atoms with Gasteiger partial charge in [-0.15, -0.1) is 0 Å². The van der Waals surface area contributed by atoms with Gasteiger partial charge in [-0.1, -0.05) is 71.3 Å². The lowest BCUT2D eigenvalue weighted by atomic mass is 9.65. The minimum atomic E-state index is -2.17. The van der Waals surface area contributed by atoms with Crippen molar-refractivity contribution in [2.45, 2.75) is 12.0 Å². The van der Waals surface area contributed by atoms with Crippen LogP contribution >= 0.6 is 0 Å². The first-order chi connectivity index (χ1) is 42.4. The monoisotopic (exact) mass is 1240 g/mol. The number of fused-ring (bicyclic) bond motifs is 3. The zero-order valence-electron chi connectivity index (χ0n) is 48.1. The van der Waals surface area contributed by atoms with E-state index >= 15 is 0 Å². The first-order valence-corrected chi connectivity index (χ1v) is 25.9. The van der Waals surface area contributed by atoms with Crippen LogP contribution in [0, 0.1) is 16.2 Å². The Balaban J connectivity index is 2.00. The molecule has 0 unspecified atom stereocenters. The first-order valence-electron chi connectivity index (χ1n) is 25.9. The largest absolute Gasteiger partial charge is 0.462 e. The molecule has 0 aliphatic heterocycles. The van der Waals surface area contributed by atoms with Crippen LogP contribution in [0.4, 0.5) is 21.0 Å². The van der Waals surface area contributed by atoms with Gasteiger partial charge in [-0.2, -0.15) is 0 Å². The fourth-order valence-corrected chi connectivity index (χ4v) is 7.74. The minimum Gasteiger partial charge on any atom is -0.462 e. The average Bonchev–Trinajstić information content (AvgIpc) is 2.57. The van der Waals surface area contributed by atoms with E-state index in [0.717, 1.165) is 54.7 Å². The van der Waals surface area contributed by atoms with E-state index in [1.807, 2.05) is 0 Å². The third-order valence-electron chi connectivity index (χ3n) is 12.7. The standard InChI is InChI=1S/C61H64N2O26/c1-10-46(65)77-27-58(28-78-47(66)11-2,30-89-61(37-84-53(72)17-8,38-85-54(73)18-9)39-86-55(74)26-64)29-87-56(75)62-42-19-21-44-40(24-42)23-41-25-43(20-22-45(41)44)63-57(76)88-36-60(34-82-51(70)15-6,35-83-52(71)16-7)59(31-79-48(67)12-3,32-80-49(68)13-4)33-81-50(69)14-5/h10-22,24-26H,1-9,23,27-39H2,(H,62,75)(H,63,76). The van der Waals surface area contributed by atoms with E-state index in [2.05, 4.69) is 69.8 Å². The van der Waals surface area contributed by atoms with Crippen LogP contribution in [0.25, 0.3) is 11.1 Å². The fourth-order valence-electron chi connectivity index (χ4n) is 7.74. The van der Waals surface area contributed by atoms with Crippen molar-refractivity contribution >= 4 is 89.5 Å². The van der Waals surface area contributed by atoms with Crippen LogP contribution in [-0.2, 0) is 121 Å². The molecule has 2 aromatic rings. The number of nitrogens with one attached hydrogen (secondary N) is 2. The van der Waals surface area contributed by atoms with Crippen LogP contribution in [0.15, 0.2) is 150 Å². The number of benzene rings is 2. The fraction of sp³-hybridized carbons (Fsp3) is 0.295. The Morgan fingerprint density at radius 3 is 0.910 bits per heavy atom. The third kappa shape index (κ3) is 22.4. The van der Waals surface area contributed by atoms with Gasteiger partial charge in [-0.3, -0.25) is 15.4 Å². The lowest BCUT2D eigenvalue weighted by Crippen LogP contribution is -2.60. The molecule has 2 aromatic carbocycles. The van der Waals surface area contributed by atoms with Crippen molar-refractivity contribution < 1.29 is 124 Å². The molecule has 0 fully saturated rings. The van der Waals surface area contributed by atoms with Gasteiger partial charge in [0.1, 0.15) is 79.3 Å². The van der Waals surface area contributed by atoms with Gasteiger partial charge in [-0.25, -0.2) is 57.5 Å². The third-order valence-corrected chi connectivity index (χ3v) is 12.7. The molecule has 0 aromatic heterocycles.